The molecule has 1 aliphatic heterocycles. The van der Waals surface area contributed by atoms with E-state index >= 15 is 0 Å². The van der Waals surface area contributed by atoms with Crippen molar-refractivity contribution < 1.29 is 13.9 Å². The largest absolute Gasteiger partial charge is 0.497 e. The lowest BCUT2D eigenvalue weighted by molar-refractivity contribution is 0.245. The monoisotopic (exact) mass is 378 g/mol. The Labute approximate surface area is 165 Å². The minimum Gasteiger partial charge on any atom is -0.497 e. The van der Waals surface area contributed by atoms with Crippen LogP contribution >= 0.6 is 0 Å². The highest BCUT2D eigenvalue weighted by atomic mass is 16.5. The molecular formula is C23H26N2O3. The molecule has 146 valence electrons. The second-order valence-electron chi connectivity index (χ2n) is 7.00. The van der Waals surface area contributed by atoms with E-state index in [1.54, 1.807) is 13.4 Å². The van der Waals surface area contributed by atoms with Crippen LogP contribution < -0.4 is 9.47 Å². The van der Waals surface area contributed by atoms with E-state index in [-0.39, 0.29) is 0 Å². The summed E-state index contributed by atoms with van der Waals surface area (Å²) in [7, 11) is 1.66. The number of rotatable bonds is 7. The van der Waals surface area contributed by atoms with Crippen molar-refractivity contribution in [2.45, 2.75) is 32.4 Å². The quantitative estimate of drug-likeness (QED) is 0.573. The molecule has 0 spiro atoms. The standard InChI is InChI=1S/C23H26N2O3/c1-3-27-21-12-6-17(7-13-21)22-5-4-14-25(22)15-19-16-28-23(24-19)18-8-10-20(26-2)11-9-18/h6-13,16,22H,3-5,14-15H2,1-2H3/t22-/m0/s1. The smallest absolute Gasteiger partial charge is 0.226 e. The average Bonchev–Trinajstić information content (AvgIpc) is 3.39. The summed E-state index contributed by atoms with van der Waals surface area (Å²) >= 11 is 0. The third-order valence-corrected chi connectivity index (χ3v) is 5.19. The normalized spacial score (nSPS) is 17.0. The molecule has 0 bridgehead atoms. The van der Waals surface area contributed by atoms with Crippen LogP contribution in [0, 0.1) is 0 Å². The second-order valence-corrected chi connectivity index (χ2v) is 7.00. The van der Waals surface area contributed by atoms with Gasteiger partial charge < -0.3 is 13.9 Å². The lowest BCUT2D eigenvalue weighted by Gasteiger charge is -2.24. The Kier molecular flexibility index (Phi) is 5.63. The van der Waals surface area contributed by atoms with E-state index in [0.717, 1.165) is 42.3 Å². The summed E-state index contributed by atoms with van der Waals surface area (Å²) in [6.07, 6.45) is 4.13. The zero-order valence-corrected chi connectivity index (χ0v) is 16.4. The van der Waals surface area contributed by atoms with E-state index in [1.165, 1.54) is 12.0 Å². The van der Waals surface area contributed by atoms with Crippen molar-refractivity contribution in [2.75, 3.05) is 20.3 Å². The number of hydrogen-bond acceptors (Lipinski definition) is 5. The first-order valence-electron chi connectivity index (χ1n) is 9.82. The Morgan fingerprint density at radius 1 is 1.07 bits per heavy atom. The van der Waals surface area contributed by atoms with Crippen LogP contribution in [-0.2, 0) is 6.54 Å². The molecule has 0 unspecified atom stereocenters. The van der Waals surface area contributed by atoms with Gasteiger partial charge in [-0.25, -0.2) is 4.98 Å². The molecule has 0 amide bonds. The molecule has 0 aliphatic carbocycles. The zero-order valence-electron chi connectivity index (χ0n) is 16.4. The van der Waals surface area contributed by atoms with Crippen molar-refractivity contribution in [1.82, 2.24) is 9.88 Å². The Hall–Kier alpha value is -2.79. The second kappa shape index (κ2) is 8.48. The topological polar surface area (TPSA) is 47.7 Å². The van der Waals surface area contributed by atoms with Crippen molar-refractivity contribution in [3.8, 4) is 23.0 Å². The first kappa shape index (κ1) is 18.6. The van der Waals surface area contributed by atoms with E-state index < -0.39 is 0 Å². The molecule has 4 rings (SSSR count). The molecule has 1 aliphatic rings. The number of aromatic nitrogens is 1. The summed E-state index contributed by atoms with van der Waals surface area (Å²) in [5.41, 5.74) is 3.25. The lowest BCUT2D eigenvalue weighted by Crippen LogP contribution is -2.22. The number of ether oxygens (including phenoxy) is 2. The van der Waals surface area contributed by atoms with Gasteiger partial charge >= 0.3 is 0 Å². The summed E-state index contributed by atoms with van der Waals surface area (Å²) < 4.78 is 16.5. The van der Waals surface area contributed by atoms with Crippen molar-refractivity contribution in [2.24, 2.45) is 0 Å². The number of nitrogens with zero attached hydrogens (tertiary/aromatic N) is 2. The lowest BCUT2D eigenvalue weighted by atomic mass is 10.0. The first-order valence-corrected chi connectivity index (χ1v) is 9.82. The third kappa shape index (κ3) is 4.04. The molecule has 1 aromatic heterocycles. The summed E-state index contributed by atoms with van der Waals surface area (Å²) in [6.45, 7) is 4.56. The van der Waals surface area contributed by atoms with E-state index in [1.807, 2.05) is 31.2 Å². The molecule has 2 heterocycles. The number of methoxy groups -OCH3 is 1. The molecule has 2 aromatic carbocycles. The molecular weight excluding hydrogens is 352 g/mol. The van der Waals surface area contributed by atoms with E-state index in [0.29, 0.717) is 18.5 Å². The highest BCUT2D eigenvalue weighted by Crippen LogP contribution is 2.34. The van der Waals surface area contributed by atoms with Crippen LogP contribution in [0.5, 0.6) is 11.5 Å². The molecule has 0 radical (unpaired) electrons. The molecule has 0 saturated carbocycles. The van der Waals surface area contributed by atoms with Crippen LogP contribution in [0.3, 0.4) is 0 Å². The average molecular weight is 378 g/mol. The molecule has 1 saturated heterocycles. The first-order chi connectivity index (χ1) is 13.8. The van der Waals surface area contributed by atoms with Crippen LogP contribution in [-0.4, -0.2) is 30.1 Å². The van der Waals surface area contributed by atoms with Gasteiger partial charge in [-0.15, -0.1) is 0 Å². The van der Waals surface area contributed by atoms with Gasteiger partial charge in [0.05, 0.1) is 19.4 Å². The molecule has 0 N–H and O–H groups in total. The van der Waals surface area contributed by atoms with Crippen molar-refractivity contribution in [1.29, 1.82) is 0 Å². The maximum Gasteiger partial charge on any atom is 0.226 e. The predicted octanol–water partition coefficient (Wildman–Crippen LogP) is 5.09. The summed E-state index contributed by atoms with van der Waals surface area (Å²) in [5.74, 6) is 2.40. The third-order valence-electron chi connectivity index (χ3n) is 5.19. The fraction of sp³-hybridized carbons (Fsp3) is 0.348. The van der Waals surface area contributed by atoms with Crippen molar-refractivity contribution >= 4 is 0 Å². The van der Waals surface area contributed by atoms with Gasteiger partial charge in [-0.3, -0.25) is 4.90 Å². The van der Waals surface area contributed by atoms with E-state index in [2.05, 4.69) is 29.2 Å². The van der Waals surface area contributed by atoms with Gasteiger partial charge in [0.15, 0.2) is 0 Å². The van der Waals surface area contributed by atoms with Crippen LogP contribution in [0.1, 0.15) is 37.1 Å². The predicted molar refractivity (Wildman–Crippen MR) is 108 cm³/mol. The molecule has 5 nitrogen and oxygen atoms in total. The Morgan fingerprint density at radius 3 is 2.54 bits per heavy atom. The van der Waals surface area contributed by atoms with Gasteiger partial charge in [0.25, 0.3) is 0 Å². The van der Waals surface area contributed by atoms with Crippen LogP contribution in [0.4, 0.5) is 0 Å². The maximum atomic E-state index is 5.72. The molecule has 3 aromatic rings. The summed E-state index contributed by atoms with van der Waals surface area (Å²) in [4.78, 5) is 7.17. The fourth-order valence-corrected chi connectivity index (χ4v) is 3.80. The molecule has 1 atom stereocenters. The van der Waals surface area contributed by atoms with Crippen molar-refractivity contribution in [3.63, 3.8) is 0 Å². The van der Waals surface area contributed by atoms with E-state index in [9.17, 15) is 0 Å². The summed E-state index contributed by atoms with van der Waals surface area (Å²) in [6, 6.07) is 16.7. The van der Waals surface area contributed by atoms with Gasteiger partial charge in [-0.1, -0.05) is 12.1 Å². The van der Waals surface area contributed by atoms with E-state index in [4.69, 9.17) is 18.9 Å². The highest BCUT2D eigenvalue weighted by Gasteiger charge is 2.26. The van der Waals surface area contributed by atoms with Crippen LogP contribution in [0.25, 0.3) is 11.5 Å². The maximum absolute atomic E-state index is 5.72. The van der Waals surface area contributed by atoms with Gasteiger partial charge in [-0.05, 0) is 68.3 Å². The minimum absolute atomic E-state index is 0.414. The minimum atomic E-state index is 0.414. The molecule has 1 fully saturated rings. The number of likely N-dealkylation sites (tertiary alicyclic amines) is 1. The van der Waals surface area contributed by atoms with Gasteiger partial charge in [0.2, 0.25) is 5.89 Å². The highest BCUT2D eigenvalue weighted by molar-refractivity contribution is 5.54. The number of hydrogen-bond donors (Lipinski definition) is 0. The number of oxazole rings is 1. The molecule has 28 heavy (non-hydrogen) atoms. The van der Waals surface area contributed by atoms with Crippen molar-refractivity contribution in [3.05, 3.63) is 66.1 Å². The van der Waals surface area contributed by atoms with Crippen LogP contribution in [0.15, 0.2) is 59.2 Å². The fourth-order valence-electron chi connectivity index (χ4n) is 3.80. The van der Waals surface area contributed by atoms with Gasteiger partial charge in [0, 0.05) is 18.2 Å². The number of benzene rings is 2. The van der Waals surface area contributed by atoms with Gasteiger partial charge in [0.1, 0.15) is 17.8 Å². The molecule has 5 heteroatoms. The summed E-state index contributed by atoms with van der Waals surface area (Å²) in [5, 5.41) is 0. The zero-order chi connectivity index (χ0) is 19.3. The van der Waals surface area contributed by atoms with Gasteiger partial charge in [-0.2, -0.15) is 0 Å². The Balaban J connectivity index is 1.45. The SMILES string of the molecule is CCOc1ccc([C@@H]2CCCN2Cc2coc(-c3ccc(OC)cc3)n2)cc1. The Bertz CT molecular complexity index is 887. The Morgan fingerprint density at radius 2 is 1.82 bits per heavy atom. The van der Waals surface area contributed by atoms with Crippen LogP contribution in [0.2, 0.25) is 0 Å².